The largest absolute Gasteiger partial charge is 0.471 e. The lowest BCUT2D eigenvalue weighted by Gasteiger charge is -2.43. The van der Waals surface area contributed by atoms with Crippen molar-refractivity contribution in [3.05, 3.63) is 24.5 Å². The summed E-state index contributed by atoms with van der Waals surface area (Å²) >= 11 is 0. The van der Waals surface area contributed by atoms with Gasteiger partial charge in [0.15, 0.2) is 12.6 Å². The molecule has 2 heterocycles. The van der Waals surface area contributed by atoms with Crippen molar-refractivity contribution < 1.29 is 53.6 Å². The summed E-state index contributed by atoms with van der Waals surface area (Å²) in [5.74, 6) is -2.11. The number of aliphatic hydroxyl groups excluding tert-OH is 4. The van der Waals surface area contributed by atoms with Crippen LogP contribution in [0.25, 0.3) is 0 Å². The van der Waals surface area contributed by atoms with Gasteiger partial charge in [-0.2, -0.15) is 0 Å². The second kappa shape index (κ2) is 10.5. The fourth-order valence-corrected chi connectivity index (χ4v) is 3.40. The van der Waals surface area contributed by atoms with Crippen LogP contribution in [0, 0.1) is 11.8 Å². The Bertz CT molecular complexity index is 588. The number of hydrogen-bond acceptors (Lipinski definition) is 11. The van der Waals surface area contributed by atoms with Gasteiger partial charge in [0.2, 0.25) is 6.29 Å². The topological polar surface area (TPSA) is 153 Å². The highest BCUT2D eigenvalue weighted by Crippen LogP contribution is 2.38. The highest BCUT2D eigenvalue weighted by molar-refractivity contribution is 5.89. The number of esters is 1. The molecule has 0 radical (unpaired) electrons. The first-order valence-electron chi connectivity index (χ1n) is 8.92. The normalized spacial score (nSPS) is 37.6. The van der Waals surface area contributed by atoms with Crippen LogP contribution in [0.3, 0.4) is 0 Å². The molecule has 0 spiro atoms. The van der Waals surface area contributed by atoms with Gasteiger partial charge in [0, 0.05) is 14.2 Å². The fraction of sp³-hybridized carbons (Fsp3) is 0.722. The smallest absolute Gasteiger partial charge is 0.337 e. The van der Waals surface area contributed by atoms with Crippen LogP contribution in [0.1, 0.15) is 0 Å². The molecule has 0 unspecified atom stereocenters. The summed E-state index contributed by atoms with van der Waals surface area (Å²) < 4.78 is 31.9. The van der Waals surface area contributed by atoms with Crippen molar-refractivity contribution in [1.82, 2.24) is 0 Å². The predicted octanol–water partition coefficient (Wildman–Crippen LogP) is -1.75. The highest BCUT2D eigenvalue weighted by atomic mass is 16.8. The average molecular weight is 420 g/mol. The van der Waals surface area contributed by atoms with Crippen LogP contribution in [-0.4, -0.2) is 97.6 Å². The van der Waals surface area contributed by atoms with Gasteiger partial charge in [0.25, 0.3) is 0 Å². The molecule has 1 fully saturated rings. The minimum Gasteiger partial charge on any atom is -0.471 e. The van der Waals surface area contributed by atoms with E-state index in [1.807, 2.05) is 0 Å². The lowest BCUT2D eigenvalue weighted by Crippen LogP contribution is -2.60. The number of carbonyl (C=O) groups is 1. The molecule has 1 saturated heterocycles. The minimum absolute atomic E-state index is 0.125. The van der Waals surface area contributed by atoms with E-state index in [0.717, 1.165) is 6.26 Å². The predicted molar refractivity (Wildman–Crippen MR) is 94.8 cm³/mol. The van der Waals surface area contributed by atoms with Gasteiger partial charge in [-0.25, -0.2) is 4.79 Å². The van der Waals surface area contributed by atoms with E-state index >= 15 is 0 Å². The van der Waals surface area contributed by atoms with Crippen LogP contribution in [0.5, 0.6) is 0 Å². The average Bonchev–Trinajstić information content (AvgIpc) is 2.74. The molecular formula is C18H28O11. The van der Waals surface area contributed by atoms with Crippen molar-refractivity contribution in [2.75, 3.05) is 27.9 Å². The Balaban J connectivity index is 2.29. The van der Waals surface area contributed by atoms with Crippen LogP contribution in [0.15, 0.2) is 24.5 Å². The van der Waals surface area contributed by atoms with Gasteiger partial charge < -0.3 is 48.8 Å². The molecule has 166 valence electrons. The molecule has 8 atom stereocenters. The van der Waals surface area contributed by atoms with E-state index in [1.54, 1.807) is 0 Å². The van der Waals surface area contributed by atoms with Crippen LogP contribution in [0.2, 0.25) is 0 Å². The molecule has 11 heteroatoms. The van der Waals surface area contributed by atoms with Gasteiger partial charge >= 0.3 is 5.97 Å². The Kier molecular flexibility index (Phi) is 8.55. The summed E-state index contributed by atoms with van der Waals surface area (Å²) in [5.41, 5.74) is 0.125. The molecule has 2 rings (SSSR count). The van der Waals surface area contributed by atoms with E-state index < -0.39 is 67.7 Å². The van der Waals surface area contributed by atoms with Crippen molar-refractivity contribution >= 4 is 5.97 Å². The molecule has 4 N–H and O–H groups in total. The maximum Gasteiger partial charge on any atom is 0.337 e. The quantitative estimate of drug-likeness (QED) is 0.201. The number of carbonyl (C=O) groups excluding carboxylic acids is 1. The van der Waals surface area contributed by atoms with Crippen LogP contribution in [-0.2, 0) is 33.2 Å². The van der Waals surface area contributed by atoms with Crippen molar-refractivity contribution in [2.24, 2.45) is 11.8 Å². The Hall–Kier alpha value is -1.57. The third-order valence-electron chi connectivity index (χ3n) is 4.98. The Morgan fingerprint density at radius 1 is 1.17 bits per heavy atom. The summed E-state index contributed by atoms with van der Waals surface area (Å²) in [6, 6.07) is 0. The summed E-state index contributed by atoms with van der Waals surface area (Å²) in [6.07, 6.45) is -6.75. The molecule has 0 aromatic carbocycles. The molecule has 0 aromatic rings. The summed E-state index contributed by atoms with van der Waals surface area (Å²) in [5, 5.41) is 39.3. The lowest BCUT2D eigenvalue weighted by molar-refractivity contribution is -0.341. The first-order chi connectivity index (χ1) is 13.8. The van der Waals surface area contributed by atoms with Gasteiger partial charge in [-0.15, -0.1) is 6.58 Å². The SMILES string of the molecule is C=C[C@H]1[C@H](O[C@@H]2O[C@H](CO)[C@@H](O)[C@H](O)[C@H]2O)OC=C(C(=O)OC)[C@H]1C(OC)OC. The van der Waals surface area contributed by atoms with E-state index in [2.05, 4.69) is 6.58 Å². The minimum atomic E-state index is -1.62. The molecule has 29 heavy (non-hydrogen) atoms. The standard InChI is InChI=1S/C18H28O11/c1-5-8-11(17(25-3)26-4)9(15(23)24-2)7-27-16(8)29-18-14(22)13(21)12(20)10(6-19)28-18/h5,7-8,10-14,16-22H,1,6H2,2-4H3/t8-,10-,11+,12-,13+,14-,16+,18+/m1/s1. The van der Waals surface area contributed by atoms with E-state index in [4.69, 9.17) is 28.4 Å². The number of aliphatic hydroxyl groups is 4. The zero-order valence-electron chi connectivity index (χ0n) is 16.4. The molecule has 2 aliphatic rings. The Labute approximate surface area is 168 Å². The maximum absolute atomic E-state index is 12.2. The molecule has 0 aliphatic carbocycles. The van der Waals surface area contributed by atoms with Crippen LogP contribution < -0.4 is 0 Å². The van der Waals surface area contributed by atoms with Gasteiger partial charge in [-0.1, -0.05) is 6.08 Å². The zero-order chi connectivity index (χ0) is 21.7. The van der Waals surface area contributed by atoms with Crippen molar-refractivity contribution in [1.29, 1.82) is 0 Å². The molecular weight excluding hydrogens is 392 g/mol. The third kappa shape index (κ3) is 4.78. The fourth-order valence-electron chi connectivity index (χ4n) is 3.40. The van der Waals surface area contributed by atoms with Crippen LogP contribution in [0.4, 0.5) is 0 Å². The Morgan fingerprint density at radius 3 is 2.34 bits per heavy atom. The summed E-state index contributed by atoms with van der Waals surface area (Å²) in [7, 11) is 4.01. The molecule has 2 aliphatic heterocycles. The molecule has 11 nitrogen and oxygen atoms in total. The van der Waals surface area contributed by atoms with Crippen molar-refractivity contribution in [3.63, 3.8) is 0 Å². The third-order valence-corrected chi connectivity index (χ3v) is 4.98. The maximum atomic E-state index is 12.2. The molecule has 0 bridgehead atoms. The Morgan fingerprint density at radius 2 is 1.83 bits per heavy atom. The van der Waals surface area contributed by atoms with Crippen LogP contribution >= 0.6 is 0 Å². The summed E-state index contributed by atoms with van der Waals surface area (Å²) in [4.78, 5) is 12.2. The second-order valence-electron chi connectivity index (χ2n) is 6.58. The first kappa shape index (κ1) is 23.7. The number of rotatable bonds is 8. The van der Waals surface area contributed by atoms with Gasteiger partial charge in [0.1, 0.15) is 24.4 Å². The van der Waals surface area contributed by atoms with Crippen molar-refractivity contribution in [2.45, 2.75) is 43.3 Å². The number of methoxy groups -OCH3 is 3. The lowest BCUT2D eigenvalue weighted by atomic mass is 9.83. The van der Waals surface area contributed by atoms with E-state index in [1.165, 1.54) is 27.4 Å². The number of ether oxygens (including phenoxy) is 6. The van der Waals surface area contributed by atoms with E-state index in [-0.39, 0.29) is 5.57 Å². The van der Waals surface area contributed by atoms with Crippen molar-refractivity contribution in [3.8, 4) is 0 Å². The second-order valence-corrected chi connectivity index (χ2v) is 6.58. The number of hydrogen-bond donors (Lipinski definition) is 4. The van der Waals surface area contributed by atoms with Gasteiger partial charge in [-0.05, 0) is 0 Å². The van der Waals surface area contributed by atoms with E-state index in [9.17, 15) is 25.2 Å². The monoisotopic (exact) mass is 420 g/mol. The zero-order valence-corrected chi connectivity index (χ0v) is 16.4. The molecule has 0 aromatic heterocycles. The first-order valence-corrected chi connectivity index (χ1v) is 8.92. The molecule has 0 amide bonds. The summed E-state index contributed by atoms with van der Waals surface area (Å²) in [6.45, 7) is 3.14. The van der Waals surface area contributed by atoms with Gasteiger partial charge in [-0.3, -0.25) is 0 Å². The highest BCUT2D eigenvalue weighted by Gasteiger charge is 2.49. The van der Waals surface area contributed by atoms with Gasteiger partial charge in [0.05, 0.1) is 37.4 Å². The van der Waals surface area contributed by atoms with E-state index in [0.29, 0.717) is 0 Å². The molecule has 0 saturated carbocycles.